The molecule has 1 aliphatic carbocycles. The molecule has 1 aromatic heterocycles. The van der Waals surface area contributed by atoms with Gasteiger partial charge in [0.2, 0.25) is 0 Å². The van der Waals surface area contributed by atoms with Crippen LogP contribution in [0.15, 0.2) is 59.5 Å². The molecule has 0 bridgehead atoms. The third-order valence-corrected chi connectivity index (χ3v) is 8.42. The monoisotopic (exact) mass is 451 g/mol. The number of rotatable bonds is 6. The van der Waals surface area contributed by atoms with Gasteiger partial charge in [-0.3, -0.25) is 9.10 Å². The molecule has 1 amide bonds. The molecule has 1 N–H and O–H groups in total. The summed E-state index contributed by atoms with van der Waals surface area (Å²) in [5.41, 5.74) is 2.51. The lowest BCUT2D eigenvalue weighted by Gasteiger charge is -2.23. The number of anilines is 2. The fraction of sp³-hybridized carbons (Fsp3) is 0.217. The first-order valence-corrected chi connectivity index (χ1v) is 12.2. The highest BCUT2D eigenvalue weighted by Crippen LogP contribution is 2.38. The van der Waals surface area contributed by atoms with E-state index in [9.17, 15) is 18.5 Å². The van der Waals surface area contributed by atoms with Crippen LogP contribution in [0.2, 0.25) is 0 Å². The Hall–Kier alpha value is -3.15. The lowest BCUT2D eigenvalue weighted by Crippen LogP contribution is -2.30. The van der Waals surface area contributed by atoms with Crippen molar-refractivity contribution in [1.29, 1.82) is 5.26 Å². The van der Waals surface area contributed by atoms with Crippen LogP contribution in [0.5, 0.6) is 0 Å². The number of hydrogen-bond acceptors (Lipinski definition) is 5. The fourth-order valence-electron chi connectivity index (χ4n) is 3.78. The van der Waals surface area contributed by atoms with Crippen molar-refractivity contribution in [1.82, 2.24) is 0 Å². The van der Waals surface area contributed by atoms with Gasteiger partial charge in [0, 0.05) is 17.0 Å². The number of nitrogens with one attached hydrogen (secondary N) is 1. The van der Waals surface area contributed by atoms with Crippen molar-refractivity contribution >= 4 is 38.0 Å². The molecule has 3 aromatic rings. The molecule has 8 heteroatoms. The number of para-hydroxylation sites is 1. The Kier molecular flexibility index (Phi) is 5.81. The Balaban J connectivity index is 1.56. The predicted octanol–water partition coefficient (Wildman–Crippen LogP) is 4.58. The number of carbonyl (C=O) groups excluding carboxylic acids is 1. The summed E-state index contributed by atoms with van der Waals surface area (Å²) in [6.45, 7) is 2.06. The molecule has 1 heterocycles. The van der Waals surface area contributed by atoms with E-state index in [1.807, 2.05) is 6.07 Å². The summed E-state index contributed by atoms with van der Waals surface area (Å²) in [6, 6.07) is 17.0. The summed E-state index contributed by atoms with van der Waals surface area (Å²) >= 11 is 1.45. The molecule has 4 rings (SSSR count). The van der Waals surface area contributed by atoms with Crippen molar-refractivity contribution in [3.05, 3.63) is 76.2 Å². The van der Waals surface area contributed by atoms with E-state index < -0.39 is 10.0 Å². The van der Waals surface area contributed by atoms with E-state index in [2.05, 4.69) is 11.4 Å². The number of amides is 1. The van der Waals surface area contributed by atoms with Gasteiger partial charge in [-0.25, -0.2) is 8.42 Å². The molecule has 0 atom stereocenters. The maximum atomic E-state index is 13.1. The number of sulfonamides is 1. The molecule has 0 unspecified atom stereocenters. The smallest absolute Gasteiger partial charge is 0.264 e. The van der Waals surface area contributed by atoms with E-state index >= 15 is 0 Å². The zero-order chi connectivity index (χ0) is 22.0. The number of aryl methyl sites for hydroxylation is 1. The van der Waals surface area contributed by atoms with Gasteiger partial charge < -0.3 is 5.32 Å². The highest BCUT2D eigenvalue weighted by Gasteiger charge is 2.25. The van der Waals surface area contributed by atoms with Crippen LogP contribution < -0.4 is 9.62 Å². The van der Waals surface area contributed by atoms with E-state index in [-0.39, 0.29) is 17.3 Å². The van der Waals surface area contributed by atoms with Gasteiger partial charge in [-0.2, -0.15) is 5.26 Å². The van der Waals surface area contributed by atoms with Crippen LogP contribution in [0, 0.1) is 11.3 Å². The minimum atomic E-state index is -3.75. The van der Waals surface area contributed by atoms with Gasteiger partial charge in [-0.1, -0.05) is 18.2 Å². The number of hydrogen-bond donors (Lipinski definition) is 1. The molecule has 2 aromatic carbocycles. The third-order valence-electron chi connectivity index (χ3n) is 5.30. The Labute approximate surface area is 185 Å². The Morgan fingerprint density at radius 3 is 2.48 bits per heavy atom. The number of benzene rings is 2. The lowest BCUT2D eigenvalue weighted by atomic mass is 10.1. The maximum Gasteiger partial charge on any atom is 0.264 e. The van der Waals surface area contributed by atoms with Crippen molar-refractivity contribution in [2.45, 2.75) is 31.1 Å². The second-order valence-corrected chi connectivity index (χ2v) is 10.1. The number of nitriles is 1. The predicted molar refractivity (Wildman–Crippen MR) is 122 cm³/mol. The molecular formula is C23H21N3O3S2. The van der Waals surface area contributed by atoms with E-state index in [4.69, 9.17) is 0 Å². The normalized spacial score (nSPS) is 12.8. The average Bonchev–Trinajstić information content (AvgIpc) is 3.35. The van der Waals surface area contributed by atoms with Crippen molar-refractivity contribution in [2.24, 2.45) is 0 Å². The molecule has 0 saturated heterocycles. The second kappa shape index (κ2) is 8.53. The van der Waals surface area contributed by atoms with Crippen LogP contribution in [0.25, 0.3) is 0 Å². The molecular weight excluding hydrogens is 430 g/mol. The van der Waals surface area contributed by atoms with Crippen LogP contribution in [-0.4, -0.2) is 20.9 Å². The molecule has 0 radical (unpaired) electrons. The van der Waals surface area contributed by atoms with Crippen LogP contribution in [-0.2, 0) is 22.9 Å². The van der Waals surface area contributed by atoms with Gasteiger partial charge in [-0.05, 0) is 68.1 Å². The van der Waals surface area contributed by atoms with E-state index in [0.717, 1.165) is 29.7 Å². The van der Waals surface area contributed by atoms with Crippen LogP contribution in [0.4, 0.5) is 10.7 Å². The quantitative estimate of drug-likeness (QED) is 0.594. The standard InChI is InChI=1S/C23H21N3O3S2/c1-2-26(17-7-4-3-5-8-17)31(28,29)18-13-11-16(12-14-18)22(27)25-23-20(15-24)19-9-6-10-21(19)30-23/h3-5,7-8,11-14H,2,6,9-10H2,1H3,(H,25,27). The zero-order valence-corrected chi connectivity index (χ0v) is 18.6. The molecule has 6 nitrogen and oxygen atoms in total. The summed E-state index contributed by atoms with van der Waals surface area (Å²) in [4.78, 5) is 14.0. The number of fused-ring (bicyclic) bond motifs is 1. The van der Waals surface area contributed by atoms with E-state index in [1.54, 1.807) is 31.2 Å². The Bertz CT molecular complexity index is 1260. The third kappa shape index (κ3) is 3.94. The van der Waals surface area contributed by atoms with Crippen molar-refractivity contribution in [3.63, 3.8) is 0 Å². The van der Waals surface area contributed by atoms with Crippen molar-refractivity contribution in [3.8, 4) is 6.07 Å². The van der Waals surface area contributed by atoms with Gasteiger partial charge in [0.05, 0.1) is 16.1 Å². The van der Waals surface area contributed by atoms with E-state index in [1.165, 1.54) is 39.9 Å². The second-order valence-electron chi connectivity index (χ2n) is 7.16. The highest BCUT2D eigenvalue weighted by atomic mass is 32.2. The summed E-state index contributed by atoms with van der Waals surface area (Å²) in [5, 5.41) is 12.9. The number of carbonyl (C=O) groups is 1. The van der Waals surface area contributed by atoms with Gasteiger partial charge in [0.15, 0.2) is 0 Å². The molecule has 0 spiro atoms. The minimum Gasteiger partial charge on any atom is -0.312 e. The highest BCUT2D eigenvalue weighted by molar-refractivity contribution is 7.92. The SMILES string of the molecule is CCN(c1ccccc1)S(=O)(=O)c1ccc(C(=O)Nc2sc3c(c2C#N)CCC3)cc1. The first kappa shape index (κ1) is 21.1. The molecule has 1 aliphatic rings. The van der Waals surface area contributed by atoms with Gasteiger partial charge in [0.25, 0.3) is 15.9 Å². The topological polar surface area (TPSA) is 90.3 Å². The van der Waals surface area contributed by atoms with Crippen molar-refractivity contribution < 1.29 is 13.2 Å². The minimum absolute atomic E-state index is 0.113. The summed E-state index contributed by atoms with van der Waals surface area (Å²) in [7, 11) is -3.75. The average molecular weight is 452 g/mol. The molecule has 158 valence electrons. The van der Waals surface area contributed by atoms with Crippen molar-refractivity contribution in [2.75, 3.05) is 16.2 Å². The Morgan fingerprint density at radius 1 is 1.13 bits per heavy atom. The molecule has 0 saturated carbocycles. The van der Waals surface area contributed by atoms with Crippen LogP contribution in [0.3, 0.4) is 0 Å². The van der Waals surface area contributed by atoms with Crippen LogP contribution in [0.1, 0.15) is 39.7 Å². The van der Waals surface area contributed by atoms with Gasteiger partial charge in [0.1, 0.15) is 11.1 Å². The van der Waals surface area contributed by atoms with Gasteiger partial charge in [-0.15, -0.1) is 11.3 Å². The number of thiophene rings is 1. The molecule has 0 fully saturated rings. The summed E-state index contributed by atoms with van der Waals surface area (Å²) in [6.07, 6.45) is 2.84. The van der Waals surface area contributed by atoms with E-state index in [0.29, 0.717) is 21.8 Å². The first-order valence-electron chi connectivity index (χ1n) is 9.99. The largest absolute Gasteiger partial charge is 0.312 e. The molecule has 31 heavy (non-hydrogen) atoms. The number of nitrogens with zero attached hydrogens (tertiary/aromatic N) is 2. The molecule has 0 aliphatic heterocycles. The maximum absolute atomic E-state index is 13.1. The zero-order valence-electron chi connectivity index (χ0n) is 17.0. The fourth-order valence-corrected chi connectivity index (χ4v) is 6.49. The summed E-state index contributed by atoms with van der Waals surface area (Å²) in [5.74, 6) is -0.365. The Morgan fingerprint density at radius 2 is 1.84 bits per heavy atom. The first-order chi connectivity index (χ1) is 15.0. The van der Waals surface area contributed by atoms with Gasteiger partial charge >= 0.3 is 0 Å². The summed E-state index contributed by atoms with van der Waals surface area (Å²) < 4.78 is 27.5. The lowest BCUT2D eigenvalue weighted by molar-refractivity contribution is 0.102. The van der Waals surface area contributed by atoms with Crippen LogP contribution >= 0.6 is 11.3 Å².